The number of benzene rings is 1. The number of hydrogen-bond donors (Lipinski definition) is 2. The number of hydrogen-bond acceptors (Lipinski definition) is 3. The highest BCUT2D eigenvalue weighted by Crippen LogP contribution is 2.19. The number of rotatable bonds is 5. The minimum absolute atomic E-state index is 0.00573. The maximum Gasteiger partial charge on any atom is 0.254 e. The lowest BCUT2D eigenvalue weighted by atomic mass is 10.1. The first-order valence-corrected chi connectivity index (χ1v) is 7.55. The number of carbonyl (C=O) groups is 3. The molecule has 0 saturated heterocycles. The predicted molar refractivity (Wildman–Crippen MR) is 83.5 cm³/mol. The summed E-state index contributed by atoms with van der Waals surface area (Å²) in [5, 5.41) is 5.43. The van der Waals surface area contributed by atoms with Gasteiger partial charge in [-0.15, -0.1) is 0 Å². The highest BCUT2D eigenvalue weighted by molar-refractivity contribution is 6.09. The van der Waals surface area contributed by atoms with E-state index >= 15 is 0 Å². The van der Waals surface area contributed by atoms with Crippen LogP contribution in [0.1, 0.15) is 37.0 Å². The third-order valence-electron chi connectivity index (χ3n) is 3.81. The van der Waals surface area contributed by atoms with E-state index in [9.17, 15) is 14.4 Å². The van der Waals surface area contributed by atoms with Gasteiger partial charge in [-0.1, -0.05) is 12.1 Å². The van der Waals surface area contributed by atoms with Crippen molar-refractivity contribution in [1.82, 2.24) is 10.2 Å². The van der Waals surface area contributed by atoms with E-state index in [4.69, 9.17) is 0 Å². The molecular formula is C16H21N3O3. The monoisotopic (exact) mass is 303 g/mol. The van der Waals surface area contributed by atoms with Gasteiger partial charge in [0.05, 0.1) is 11.3 Å². The highest BCUT2D eigenvalue weighted by atomic mass is 16.2. The zero-order valence-electron chi connectivity index (χ0n) is 12.9. The SMILES string of the molecule is CCN(CC)C(=O)CCC1NC(=O)c2ccccc2NC1=O. The van der Waals surface area contributed by atoms with E-state index in [1.165, 1.54) is 0 Å². The van der Waals surface area contributed by atoms with Crippen LogP contribution in [-0.2, 0) is 9.59 Å². The Kier molecular flexibility index (Phi) is 5.14. The summed E-state index contributed by atoms with van der Waals surface area (Å²) in [6.45, 7) is 5.12. The van der Waals surface area contributed by atoms with Gasteiger partial charge in [-0.3, -0.25) is 14.4 Å². The third-order valence-corrected chi connectivity index (χ3v) is 3.81. The standard InChI is InChI=1S/C16H21N3O3/c1-3-19(4-2)14(20)10-9-13-16(22)17-12-8-6-5-7-11(12)15(21)18-13/h5-8,13H,3-4,9-10H2,1-2H3,(H,17,22)(H,18,21). The Morgan fingerprint density at radius 3 is 2.55 bits per heavy atom. The Labute approximate surface area is 129 Å². The van der Waals surface area contributed by atoms with E-state index in [2.05, 4.69) is 10.6 Å². The molecule has 1 aliphatic rings. The molecule has 0 spiro atoms. The summed E-state index contributed by atoms with van der Waals surface area (Å²) in [6, 6.07) is 6.16. The molecule has 0 saturated carbocycles. The van der Waals surface area contributed by atoms with Gasteiger partial charge in [-0.25, -0.2) is 0 Å². The molecule has 1 aromatic rings. The second-order valence-electron chi connectivity index (χ2n) is 5.17. The van der Waals surface area contributed by atoms with Crippen LogP contribution < -0.4 is 10.6 Å². The number of carbonyl (C=O) groups excluding carboxylic acids is 3. The van der Waals surface area contributed by atoms with Gasteiger partial charge in [0.1, 0.15) is 6.04 Å². The average molecular weight is 303 g/mol. The topological polar surface area (TPSA) is 78.5 Å². The lowest BCUT2D eigenvalue weighted by Crippen LogP contribution is -2.42. The molecule has 1 aliphatic heterocycles. The molecule has 118 valence electrons. The van der Waals surface area contributed by atoms with Crippen molar-refractivity contribution in [2.75, 3.05) is 18.4 Å². The second-order valence-corrected chi connectivity index (χ2v) is 5.17. The van der Waals surface area contributed by atoms with Crippen molar-refractivity contribution >= 4 is 23.4 Å². The summed E-state index contributed by atoms with van der Waals surface area (Å²) in [4.78, 5) is 38.1. The zero-order valence-corrected chi connectivity index (χ0v) is 12.9. The maximum atomic E-state index is 12.2. The smallest absolute Gasteiger partial charge is 0.254 e. The molecule has 6 nitrogen and oxygen atoms in total. The molecule has 1 unspecified atom stereocenters. The van der Waals surface area contributed by atoms with E-state index in [1.54, 1.807) is 29.2 Å². The predicted octanol–water partition coefficient (Wildman–Crippen LogP) is 1.39. The van der Waals surface area contributed by atoms with Crippen LogP contribution in [0.3, 0.4) is 0 Å². The number of amides is 3. The zero-order chi connectivity index (χ0) is 16.1. The number of para-hydroxylation sites is 1. The molecule has 1 atom stereocenters. The Morgan fingerprint density at radius 2 is 1.86 bits per heavy atom. The molecule has 0 aliphatic carbocycles. The molecule has 2 rings (SSSR count). The lowest BCUT2D eigenvalue weighted by molar-refractivity contribution is -0.131. The van der Waals surface area contributed by atoms with Crippen molar-refractivity contribution in [3.63, 3.8) is 0 Å². The first kappa shape index (κ1) is 16.0. The van der Waals surface area contributed by atoms with Crippen LogP contribution in [0.4, 0.5) is 5.69 Å². The number of nitrogens with one attached hydrogen (secondary N) is 2. The summed E-state index contributed by atoms with van der Waals surface area (Å²) < 4.78 is 0. The van der Waals surface area contributed by atoms with Crippen molar-refractivity contribution in [2.45, 2.75) is 32.7 Å². The third kappa shape index (κ3) is 3.44. The van der Waals surface area contributed by atoms with Crippen molar-refractivity contribution in [2.24, 2.45) is 0 Å². The first-order chi connectivity index (χ1) is 10.6. The van der Waals surface area contributed by atoms with Crippen LogP contribution in [0, 0.1) is 0 Å². The molecule has 0 aromatic heterocycles. The fourth-order valence-corrected chi connectivity index (χ4v) is 2.52. The Balaban J connectivity index is 2.03. The van der Waals surface area contributed by atoms with E-state index in [0.29, 0.717) is 30.8 Å². The van der Waals surface area contributed by atoms with Crippen LogP contribution in [0.15, 0.2) is 24.3 Å². The van der Waals surface area contributed by atoms with Crippen molar-refractivity contribution in [3.05, 3.63) is 29.8 Å². The van der Waals surface area contributed by atoms with Crippen LogP contribution in [0.5, 0.6) is 0 Å². The van der Waals surface area contributed by atoms with Gasteiger partial charge in [-0.2, -0.15) is 0 Å². The lowest BCUT2D eigenvalue weighted by Gasteiger charge is -2.20. The fourth-order valence-electron chi connectivity index (χ4n) is 2.52. The molecule has 22 heavy (non-hydrogen) atoms. The van der Waals surface area contributed by atoms with Crippen LogP contribution >= 0.6 is 0 Å². The quantitative estimate of drug-likeness (QED) is 0.862. The fraction of sp³-hybridized carbons (Fsp3) is 0.438. The van der Waals surface area contributed by atoms with Crippen molar-refractivity contribution in [1.29, 1.82) is 0 Å². The summed E-state index contributed by atoms with van der Waals surface area (Å²) in [5.74, 6) is -0.589. The molecule has 1 aromatic carbocycles. The van der Waals surface area contributed by atoms with Gasteiger partial charge < -0.3 is 15.5 Å². The number of anilines is 1. The van der Waals surface area contributed by atoms with Crippen molar-refractivity contribution < 1.29 is 14.4 Å². The van der Waals surface area contributed by atoms with E-state index in [-0.39, 0.29) is 24.1 Å². The summed E-state index contributed by atoms with van der Waals surface area (Å²) in [6.07, 6.45) is 0.525. The van der Waals surface area contributed by atoms with E-state index in [0.717, 1.165) is 0 Å². The largest absolute Gasteiger partial charge is 0.343 e. The summed E-state index contributed by atoms with van der Waals surface area (Å²) in [7, 11) is 0. The molecule has 1 heterocycles. The van der Waals surface area contributed by atoms with Gasteiger partial charge in [0.2, 0.25) is 11.8 Å². The Hall–Kier alpha value is -2.37. The van der Waals surface area contributed by atoms with E-state index in [1.807, 2.05) is 13.8 Å². The van der Waals surface area contributed by atoms with Gasteiger partial charge in [-0.05, 0) is 32.4 Å². The molecule has 6 heteroatoms. The van der Waals surface area contributed by atoms with Gasteiger partial charge in [0.15, 0.2) is 0 Å². The first-order valence-electron chi connectivity index (χ1n) is 7.55. The Bertz CT molecular complexity index is 582. The van der Waals surface area contributed by atoms with Crippen molar-refractivity contribution in [3.8, 4) is 0 Å². The van der Waals surface area contributed by atoms with E-state index < -0.39 is 6.04 Å². The van der Waals surface area contributed by atoms with Gasteiger partial charge in [0, 0.05) is 19.5 Å². The second kappa shape index (κ2) is 7.06. The number of nitrogens with zero attached hydrogens (tertiary/aromatic N) is 1. The molecule has 3 amide bonds. The average Bonchev–Trinajstić information content (AvgIpc) is 2.63. The minimum Gasteiger partial charge on any atom is -0.343 e. The number of fused-ring (bicyclic) bond motifs is 1. The molecule has 0 bridgehead atoms. The molecule has 0 radical (unpaired) electrons. The van der Waals surface area contributed by atoms with Gasteiger partial charge >= 0.3 is 0 Å². The molecule has 0 fully saturated rings. The normalized spacial score (nSPS) is 17.1. The van der Waals surface area contributed by atoms with Crippen LogP contribution in [0.25, 0.3) is 0 Å². The van der Waals surface area contributed by atoms with Gasteiger partial charge in [0.25, 0.3) is 5.91 Å². The highest BCUT2D eigenvalue weighted by Gasteiger charge is 2.28. The Morgan fingerprint density at radius 1 is 1.18 bits per heavy atom. The summed E-state index contributed by atoms with van der Waals surface area (Å²) in [5.41, 5.74) is 0.941. The minimum atomic E-state index is -0.695. The summed E-state index contributed by atoms with van der Waals surface area (Å²) >= 11 is 0. The van der Waals surface area contributed by atoms with Crippen LogP contribution in [0.2, 0.25) is 0 Å². The maximum absolute atomic E-state index is 12.2. The van der Waals surface area contributed by atoms with Crippen LogP contribution in [-0.4, -0.2) is 41.8 Å². The molecular weight excluding hydrogens is 282 g/mol. The molecule has 2 N–H and O–H groups in total.